The lowest BCUT2D eigenvalue weighted by Gasteiger charge is -1.99. The van der Waals surface area contributed by atoms with Crippen LogP contribution in [-0.4, -0.2) is 25.1 Å². The van der Waals surface area contributed by atoms with E-state index >= 15 is 0 Å². The van der Waals surface area contributed by atoms with E-state index in [1.807, 2.05) is 13.0 Å². The summed E-state index contributed by atoms with van der Waals surface area (Å²) in [7, 11) is 0. The zero-order valence-electron chi connectivity index (χ0n) is 8.68. The van der Waals surface area contributed by atoms with Crippen LogP contribution in [0.25, 0.3) is 22.2 Å². The van der Waals surface area contributed by atoms with Crippen molar-refractivity contribution in [2.24, 2.45) is 0 Å². The molecule has 0 fully saturated rings. The van der Waals surface area contributed by atoms with Gasteiger partial charge >= 0.3 is 0 Å². The van der Waals surface area contributed by atoms with Gasteiger partial charge in [-0.2, -0.15) is 5.10 Å². The molecule has 3 aromatic rings. The Balaban J connectivity index is 2.14. The Morgan fingerprint density at radius 2 is 1.81 bits per heavy atom. The largest absolute Gasteiger partial charge is 0.276 e. The highest BCUT2D eigenvalue weighted by Crippen LogP contribution is 2.19. The van der Waals surface area contributed by atoms with E-state index in [4.69, 9.17) is 0 Å². The molecule has 0 saturated heterocycles. The summed E-state index contributed by atoms with van der Waals surface area (Å²) in [6, 6.07) is 1.97. The third kappa shape index (κ3) is 1.42. The maximum Gasteiger partial charge on any atom is 0.125 e. The number of aryl methyl sites for hydroxylation is 1. The predicted octanol–water partition coefficient (Wildman–Crippen LogP) is 1.72. The van der Waals surface area contributed by atoms with Crippen molar-refractivity contribution < 1.29 is 0 Å². The van der Waals surface area contributed by atoms with Crippen molar-refractivity contribution in [1.29, 1.82) is 0 Å². The minimum absolute atomic E-state index is 0.758. The molecule has 0 aliphatic rings. The first-order valence-corrected chi connectivity index (χ1v) is 4.91. The lowest BCUT2D eigenvalue weighted by Crippen LogP contribution is -1.89. The van der Waals surface area contributed by atoms with E-state index in [9.17, 15) is 0 Å². The minimum atomic E-state index is 0.758. The zero-order chi connectivity index (χ0) is 11.0. The van der Waals surface area contributed by atoms with Gasteiger partial charge in [-0.05, 0) is 13.0 Å². The average molecular weight is 211 g/mol. The minimum Gasteiger partial charge on any atom is -0.276 e. The first kappa shape index (κ1) is 8.96. The van der Waals surface area contributed by atoms with Crippen LogP contribution in [0.3, 0.4) is 0 Å². The molecule has 0 aromatic carbocycles. The molecule has 0 spiro atoms. The van der Waals surface area contributed by atoms with Crippen LogP contribution in [0.1, 0.15) is 5.82 Å². The number of pyridine rings is 1. The van der Waals surface area contributed by atoms with Gasteiger partial charge in [-0.3, -0.25) is 10.1 Å². The molecule has 0 unspecified atom stereocenters. The molecule has 3 aromatic heterocycles. The number of aromatic amines is 1. The van der Waals surface area contributed by atoms with Crippen molar-refractivity contribution in [3.63, 3.8) is 0 Å². The van der Waals surface area contributed by atoms with Crippen LogP contribution in [0.2, 0.25) is 0 Å². The van der Waals surface area contributed by atoms with E-state index in [2.05, 4.69) is 25.1 Å². The quantitative estimate of drug-likeness (QED) is 0.665. The number of nitrogens with zero attached hydrogens (tertiary/aromatic N) is 4. The van der Waals surface area contributed by atoms with Crippen LogP contribution in [0.5, 0.6) is 0 Å². The number of rotatable bonds is 1. The Kier molecular flexibility index (Phi) is 1.89. The summed E-state index contributed by atoms with van der Waals surface area (Å²) in [5.41, 5.74) is 2.69. The first-order valence-electron chi connectivity index (χ1n) is 4.91. The fourth-order valence-electron chi connectivity index (χ4n) is 1.53. The average Bonchev–Trinajstić information content (AvgIpc) is 2.77. The number of hydrogen-bond donors (Lipinski definition) is 1. The molecular formula is C11H9N5. The van der Waals surface area contributed by atoms with Gasteiger partial charge in [0.2, 0.25) is 0 Å². The molecule has 78 valence electrons. The Bertz CT molecular complexity index is 626. The van der Waals surface area contributed by atoms with Crippen molar-refractivity contribution in [3.05, 3.63) is 36.7 Å². The van der Waals surface area contributed by atoms with E-state index in [0.29, 0.717) is 0 Å². The van der Waals surface area contributed by atoms with Gasteiger partial charge in [-0.25, -0.2) is 9.97 Å². The van der Waals surface area contributed by atoms with Gasteiger partial charge in [0.25, 0.3) is 0 Å². The van der Waals surface area contributed by atoms with Crippen molar-refractivity contribution in [2.45, 2.75) is 6.92 Å². The number of fused-ring (bicyclic) bond motifs is 1. The van der Waals surface area contributed by atoms with E-state index < -0.39 is 0 Å². The van der Waals surface area contributed by atoms with Crippen LogP contribution in [0.15, 0.2) is 30.9 Å². The molecule has 0 aliphatic carbocycles. The molecule has 1 N–H and O–H groups in total. The van der Waals surface area contributed by atoms with Crippen LogP contribution in [-0.2, 0) is 0 Å². The Labute approximate surface area is 91.6 Å². The summed E-state index contributed by atoms with van der Waals surface area (Å²) >= 11 is 0. The number of H-pyrrole nitrogens is 1. The summed E-state index contributed by atoms with van der Waals surface area (Å²) in [6.07, 6.45) is 7.08. The molecule has 0 saturated carbocycles. The van der Waals surface area contributed by atoms with Crippen molar-refractivity contribution in [3.8, 4) is 11.3 Å². The summed E-state index contributed by atoms with van der Waals surface area (Å²) in [6.45, 7) is 1.86. The second-order valence-corrected chi connectivity index (χ2v) is 3.55. The van der Waals surface area contributed by atoms with Gasteiger partial charge in [0.05, 0.1) is 23.6 Å². The summed E-state index contributed by atoms with van der Waals surface area (Å²) in [4.78, 5) is 12.6. The fourth-order valence-corrected chi connectivity index (χ4v) is 1.53. The van der Waals surface area contributed by atoms with E-state index in [1.165, 1.54) is 0 Å². The number of aromatic nitrogens is 5. The number of hydrogen-bond acceptors (Lipinski definition) is 4. The fraction of sp³-hybridized carbons (Fsp3) is 0.0909. The van der Waals surface area contributed by atoms with Crippen LogP contribution in [0, 0.1) is 6.92 Å². The molecule has 5 heteroatoms. The second-order valence-electron chi connectivity index (χ2n) is 3.55. The monoisotopic (exact) mass is 211 g/mol. The molecule has 0 atom stereocenters. The van der Waals surface area contributed by atoms with Crippen molar-refractivity contribution in [1.82, 2.24) is 25.1 Å². The van der Waals surface area contributed by atoms with Gasteiger partial charge in [0.1, 0.15) is 5.82 Å². The highest BCUT2D eigenvalue weighted by molar-refractivity contribution is 5.81. The van der Waals surface area contributed by atoms with Crippen LogP contribution >= 0.6 is 0 Å². The molecule has 5 nitrogen and oxygen atoms in total. The Morgan fingerprint density at radius 3 is 2.62 bits per heavy atom. The molecule has 0 amide bonds. The van der Waals surface area contributed by atoms with Crippen LogP contribution in [0.4, 0.5) is 0 Å². The van der Waals surface area contributed by atoms with Gasteiger partial charge in [0.15, 0.2) is 0 Å². The highest BCUT2D eigenvalue weighted by Gasteiger charge is 2.03. The Hall–Kier alpha value is -2.30. The summed E-state index contributed by atoms with van der Waals surface area (Å²) in [5.74, 6) is 0.758. The molecule has 3 rings (SSSR count). The summed E-state index contributed by atoms with van der Waals surface area (Å²) in [5, 5.41) is 7.85. The normalized spacial score (nSPS) is 10.8. The van der Waals surface area contributed by atoms with E-state index in [1.54, 1.807) is 24.8 Å². The van der Waals surface area contributed by atoms with E-state index in [-0.39, 0.29) is 0 Å². The third-order valence-corrected chi connectivity index (χ3v) is 2.40. The predicted molar refractivity (Wildman–Crippen MR) is 59.7 cm³/mol. The topological polar surface area (TPSA) is 67.3 Å². The first-order chi connectivity index (χ1) is 7.83. The van der Waals surface area contributed by atoms with Gasteiger partial charge in [-0.1, -0.05) is 0 Å². The second kappa shape index (κ2) is 3.37. The van der Waals surface area contributed by atoms with Gasteiger partial charge in [0, 0.05) is 23.3 Å². The smallest absolute Gasteiger partial charge is 0.125 e. The maximum atomic E-state index is 4.33. The third-order valence-electron chi connectivity index (χ3n) is 2.40. The molecule has 16 heavy (non-hydrogen) atoms. The maximum absolute atomic E-state index is 4.33. The highest BCUT2D eigenvalue weighted by atomic mass is 15.1. The molecule has 0 bridgehead atoms. The SMILES string of the molecule is Cc1ncc(-c2cc3cn[nH]c3cn2)cn1. The lowest BCUT2D eigenvalue weighted by molar-refractivity contribution is 1.05. The van der Waals surface area contributed by atoms with Crippen molar-refractivity contribution in [2.75, 3.05) is 0 Å². The van der Waals surface area contributed by atoms with E-state index in [0.717, 1.165) is 28.0 Å². The molecule has 3 heterocycles. The Morgan fingerprint density at radius 1 is 1.00 bits per heavy atom. The molecule has 0 radical (unpaired) electrons. The van der Waals surface area contributed by atoms with Gasteiger partial charge < -0.3 is 0 Å². The molecular weight excluding hydrogens is 202 g/mol. The van der Waals surface area contributed by atoms with Crippen LogP contribution < -0.4 is 0 Å². The van der Waals surface area contributed by atoms with Gasteiger partial charge in [-0.15, -0.1) is 0 Å². The van der Waals surface area contributed by atoms with Crippen molar-refractivity contribution >= 4 is 10.9 Å². The lowest BCUT2D eigenvalue weighted by atomic mass is 10.2. The standard InChI is InChI=1S/C11H9N5/c1-7-12-3-9(4-13-7)10-2-8-5-15-16-11(8)6-14-10/h2-6H,1H3,(H,15,16). The number of nitrogens with one attached hydrogen (secondary N) is 1. The zero-order valence-corrected chi connectivity index (χ0v) is 8.68. The molecule has 0 aliphatic heterocycles. The summed E-state index contributed by atoms with van der Waals surface area (Å²) < 4.78 is 0.